The van der Waals surface area contributed by atoms with Crippen molar-refractivity contribution < 1.29 is 31.1 Å². The van der Waals surface area contributed by atoms with E-state index in [0.29, 0.717) is 11.8 Å². The maximum atomic E-state index is 14.5. The van der Waals surface area contributed by atoms with Crippen molar-refractivity contribution in [1.29, 1.82) is 0 Å². The molecule has 1 aromatic carbocycles. The zero-order valence-electron chi connectivity index (χ0n) is 19.2. The second kappa shape index (κ2) is 9.43. The van der Waals surface area contributed by atoms with Crippen molar-refractivity contribution in [2.45, 2.75) is 31.5 Å². The van der Waals surface area contributed by atoms with Crippen LogP contribution in [-0.2, 0) is 13.2 Å². The highest BCUT2D eigenvalue weighted by Gasteiger charge is 2.47. The Morgan fingerprint density at radius 2 is 1.97 bits per heavy atom. The van der Waals surface area contributed by atoms with E-state index in [4.69, 9.17) is 0 Å². The van der Waals surface area contributed by atoms with Gasteiger partial charge in [-0.05, 0) is 23.6 Å². The molecule has 2 atom stereocenters. The number of aryl methyl sites for hydroxylation is 1. The highest BCUT2D eigenvalue weighted by atomic mass is 19.4. The van der Waals surface area contributed by atoms with E-state index in [-0.39, 0.29) is 23.6 Å². The molecular weight excluding hydrogens is 490 g/mol. The Balaban J connectivity index is 1.61. The maximum Gasteiger partial charge on any atom is 0.434 e. The second-order valence-electron chi connectivity index (χ2n) is 8.78. The van der Waals surface area contributed by atoms with Crippen LogP contribution in [-0.4, -0.2) is 55.6 Å². The van der Waals surface area contributed by atoms with Gasteiger partial charge in [0, 0.05) is 31.8 Å². The van der Waals surface area contributed by atoms with E-state index in [9.17, 15) is 31.1 Å². The molecule has 1 aliphatic heterocycles. The van der Waals surface area contributed by atoms with Crippen molar-refractivity contribution in [2.75, 3.05) is 18.4 Å². The molecule has 0 spiro atoms. The number of likely N-dealkylation sites (tertiary alicyclic amines) is 1. The Morgan fingerprint density at radius 3 is 2.61 bits per heavy atom. The number of anilines is 1. The summed E-state index contributed by atoms with van der Waals surface area (Å²) in [6.07, 6.45) is -2.19. The number of benzene rings is 1. The topological polar surface area (TPSA) is 75.9 Å². The fraction of sp³-hybridized carbons (Fsp3) is 0.391. The van der Waals surface area contributed by atoms with E-state index in [0.717, 1.165) is 11.1 Å². The lowest BCUT2D eigenvalue weighted by Crippen LogP contribution is -2.57. The third-order valence-corrected chi connectivity index (χ3v) is 5.94. The van der Waals surface area contributed by atoms with Gasteiger partial charge >= 0.3 is 6.18 Å². The fourth-order valence-corrected chi connectivity index (χ4v) is 4.30. The van der Waals surface area contributed by atoms with Gasteiger partial charge in [-0.25, -0.2) is 23.1 Å². The number of carbonyl (C=O) groups excluding carboxylic acids is 1. The summed E-state index contributed by atoms with van der Waals surface area (Å²) in [6.45, 7) is 0.621. The molecule has 0 aliphatic carbocycles. The van der Waals surface area contributed by atoms with Crippen LogP contribution in [0.3, 0.4) is 0 Å². The van der Waals surface area contributed by atoms with Crippen LogP contribution in [0, 0.1) is 11.7 Å². The van der Waals surface area contributed by atoms with Gasteiger partial charge in [0.2, 0.25) is 0 Å². The average Bonchev–Trinajstić information content (AvgIpc) is 3.18. The number of hydrogen-bond donors (Lipinski definition) is 1. The smallest absolute Gasteiger partial charge is 0.367 e. The third kappa shape index (κ3) is 5.44. The third-order valence-electron chi connectivity index (χ3n) is 5.94. The molecule has 0 bridgehead atoms. The van der Waals surface area contributed by atoms with Gasteiger partial charge in [-0.2, -0.15) is 18.3 Å². The Kier molecular flexibility index (Phi) is 6.67. The summed E-state index contributed by atoms with van der Waals surface area (Å²) in [5.74, 6) is -5.14. The normalized spacial score (nSPS) is 19.8. The molecule has 1 saturated heterocycles. The van der Waals surface area contributed by atoms with Gasteiger partial charge in [-0.15, -0.1) is 0 Å². The van der Waals surface area contributed by atoms with Crippen molar-refractivity contribution in [3.05, 3.63) is 60.1 Å². The number of halogens is 6. The van der Waals surface area contributed by atoms with Crippen LogP contribution in [0.1, 0.15) is 29.5 Å². The molecule has 36 heavy (non-hydrogen) atoms. The van der Waals surface area contributed by atoms with E-state index in [1.807, 2.05) is 0 Å². The number of carbonyl (C=O) groups is 1. The van der Waals surface area contributed by atoms with Crippen molar-refractivity contribution in [2.24, 2.45) is 13.0 Å². The van der Waals surface area contributed by atoms with E-state index in [2.05, 4.69) is 20.4 Å². The number of hydrogen-bond acceptors (Lipinski definition) is 5. The maximum absolute atomic E-state index is 14.5. The molecule has 1 aliphatic rings. The minimum Gasteiger partial charge on any atom is -0.367 e. The lowest BCUT2D eigenvalue weighted by Gasteiger charge is -2.43. The molecule has 1 fully saturated rings. The summed E-state index contributed by atoms with van der Waals surface area (Å²) in [5.41, 5.74) is -0.648. The number of nitrogens with one attached hydrogen (secondary N) is 1. The van der Waals surface area contributed by atoms with Gasteiger partial charge in [0.25, 0.3) is 11.8 Å². The number of alkyl halides is 5. The summed E-state index contributed by atoms with van der Waals surface area (Å²) in [7, 11) is 1.55. The molecule has 192 valence electrons. The van der Waals surface area contributed by atoms with Crippen molar-refractivity contribution >= 4 is 11.7 Å². The van der Waals surface area contributed by atoms with E-state index in [1.54, 1.807) is 20.0 Å². The molecule has 4 rings (SSSR count). The van der Waals surface area contributed by atoms with Crippen molar-refractivity contribution in [1.82, 2.24) is 24.6 Å². The van der Waals surface area contributed by atoms with Gasteiger partial charge in [0.15, 0.2) is 11.4 Å². The van der Waals surface area contributed by atoms with Gasteiger partial charge in [-0.3, -0.25) is 9.48 Å². The van der Waals surface area contributed by atoms with Crippen LogP contribution in [0.5, 0.6) is 0 Å². The van der Waals surface area contributed by atoms with Gasteiger partial charge in [0.1, 0.15) is 11.6 Å². The highest BCUT2D eigenvalue weighted by molar-refractivity contribution is 5.99. The number of rotatable bonds is 5. The molecular formula is C23H22F6N6O. The highest BCUT2D eigenvalue weighted by Crippen LogP contribution is 2.36. The predicted molar refractivity (Wildman–Crippen MR) is 118 cm³/mol. The zero-order chi connectivity index (χ0) is 26.3. The molecule has 1 amide bonds. The Bertz CT molecular complexity index is 1240. The molecule has 2 aromatic heterocycles. The van der Waals surface area contributed by atoms with Crippen LogP contribution in [0.4, 0.5) is 32.2 Å². The van der Waals surface area contributed by atoms with Crippen molar-refractivity contribution in [3.8, 4) is 11.1 Å². The SMILES string of the molecule is C[C@@H]1CC(F)(F)CN(C(=O)c2nn(C)cc2-c2cccc(F)c2)C1CNc1cnc(C(F)(F)F)cn1. The summed E-state index contributed by atoms with van der Waals surface area (Å²) in [4.78, 5) is 21.5. The Morgan fingerprint density at radius 1 is 1.22 bits per heavy atom. The Hall–Kier alpha value is -3.64. The summed E-state index contributed by atoms with van der Waals surface area (Å²) < 4.78 is 82.4. The number of amides is 1. The first-order valence-electron chi connectivity index (χ1n) is 11.0. The van der Waals surface area contributed by atoms with Crippen LogP contribution < -0.4 is 5.32 Å². The fourth-order valence-electron chi connectivity index (χ4n) is 4.30. The predicted octanol–water partition coefficient (Wildman–Crippen LogP) is 4.63. The molecule has 0 saturated carbocycles. The first-order valence-corrected chi connectivity index (χ1v) is 11.0. The summed E-state index contributed by atoms with van der Waals surface area (Å²) >= 11 is 0. The summed E-state index contributed by atoms with van der Waals surface area (Å²) in [5, 5.41) is 6.95. The first-order chi connectivity index (χ1) is 16.8. The molecule has 7 nitrogen and oxygen atoms in total. The monoisotopic (exact) mass is 512 g/mol. The molecule has 1 unspecified atom stereocenters. The first kappa shape index (κ1) is 25.5. The van der Waals surface area contributed by atoms with Gasteiger partial charge in [-0.1, -0.05) is 19.1 Å². The van der Waals surface area contributed by atoms with E-state index in [1.165, 1.54) is 29.1 Å². The van der Waals surface area contributed by atoms with Crippen LogP contribution in [0.2, 0.25) is 0 Å². The molecule has 3 heterocycles. The van der Waals surface area contributed by atoms with Gasteiger partial charge in [0.05, 0.1) is 25.0 Å². The molecule has 1 N–H and O–H groups in total. The number of nitrogens with zero attached hydrogens (tertiary/aromatic N) is 5. The second-order valence-corrected chi connectivity index (χ2v) is 8.78. The molecule has 0 radical (unpaired) electrons. The minimum absolute atomic E-state index is 0.00165. The summed E-state index contributed by atoms with van der Waals surface area (Å²) in [6, 6.07) is 4.72. The van der Waals surface area contributed by atoms with E-state index >= 15 is 0 Å². The van der Waals surface area contributed by atoms with Crippen molar-refractivity contribution in [3.63, 3.8) is 0 Å². The van der Waals surface area contributed by atoms with Crippen LogP contribution in [0.15, 0.2) is 42.9 Å². The quantitative estimate of drug-likeness (QED) is 0.505. The van der Waals surface area contributed by atoms with E-state index < -0.39 is 54.4 Å². The van der Waals surface area contributed by atoms with Crippen LogP contribution in [0.25, 0.3) is 11.1 Å². The lowest BCUT2D eigenvalue weighted by atomic mass is 9.88. The zero-order valence-corrected chi connectivity index (χ0v) is 19.2. The van der Waals surface area contributed by atoms with Gasteiger partial charge < -0.3 is 10.2 Å². The lowest BCUT2D eigenvalue weighted by molar-refractivity contribution is -0.141. The number of aromatic nitrogens is 4. The average molecular weight is 512 g/mol. The van der Waals surface area contributed by atoms with Crippen LogP contribution >= 0.6 is 0 Å². The molecule has 3 aromatic rings. The Labute approximate surface area is 202 Å². The minimum atomic E-state index is -4.65. The standard InChI is InChI=1S/C23H22F6N6O/c1-13-7-22(25,26)12-35(17(13)8-31-19-10-30-18(9-32-19)23(27,28)29)21(36)20-16(11-34(2)33-20)14-4-3-5-15(24)6-14/h3-6,9-11,13,17H,7-8,12H2,1-2H3,(H,31,32)/t13-,17?/m1/s1. The largest absolute Gasteiger partial charge is 0.434 e. The molecule has 13 heteroatoms. The number of piperidine rings is 1.